The molecule has 1 atom stereocenters. The predicted molar refractivity (Wildman–Crippen MR) is 108 cm³/mol. The number of rotatable bonds is 2. The van der Waals surface area contributed by atoms with Crippen LogP contribution >= 0.6 is 11.6 Å². The minimum atomic E-state index is -4.61. The van der Waals surface area contributed by atoms with E-state index < -0.39 is 22.7 Å². The van der Waals surface area contributed by atoms with E-state index in [4.69, 9.17) is 11.6 Å². The number of aromatic nitrogens is 3. The summed E-state index contributed by atoms with van der Waals surface area (Å²) in [6, 6.07) is 6.99. The van der Waals surface area contributed by atoms with E-state index in [-0.39, 0.29) is 18.3 Å². The molecule has 0 bridgehead atoms. The zero-order valence-corrected chi connectivity index (χ0v) is 17.2. The van der Waals surface area contributed by atoms with E-state index in [1.54, 1.807) is 10.9 Å². The summed E-state index contributed by atoms with van der Waals surface area (Å²) in [7, 11) is 0. The topological polar surface area (TPSA) is 51.0 Å². The van der Waals surface area contributed by atoms with Crippen LogP contribution in [-0.4, -0.2) is 27.2 Å². The van der Waals surface area contributed by atoms with Crippen molar-refractivity contribution in [3.05, 3.63) is 64.2 Å². The minimum Gasteiger partial charge on any atom is -0.305 e. The maximum atomic E-state index is 13.4. The average Bonchev–Trinajstić information content (AvgIpc) is 3.09. The Balaban J connectivity index is 1.82. The number of alkyl halides is 3. The van der Waals surface area contributed by atoms with Crippen LogP contribution < -0.4 is 4.90 Å². The second-order valence-electron chi connectivity index (χ2n) is 7.42. The molecule has 2 aromatic heterocycles. The SMILES string of the molecule is Cc1cc(-c2cnn3c2C(=O)N(c2ccc(Cl)c(C(F)(F)F)c2)C[C@@H]3C)cc(C)n1. The Hall–Kier alpha value is -2.87. The van der Waals surface area contributed by atoms with E-state index in [1.807, 2.05) is 32.9 Å². The van der Waals surface area contributed by atoms with E-state index in [0.29, 0.717) is 11.3 Å². The van der Waals surface area contributed by atoms with Crippen LogP contribution in [0.2, 0.25) is 5.02 Å². The fourth-order valence-electron chi connectivity index (χ4n) is 3.78. The van der Waals surface area contributed by atoms with Crippen molar-refractivity contribution in [3.63, 3.8) is 0 Å². The fourth-order valence-corrected chi connectivity index (χ4v) is 4.01. The Labute approximate surface area is 176 Å². The van der Waals surface area contributed by atoms with Crippen molar-refractivity contribution in [1.29, 1.82) is 0 Å². The third kappa shape index (κ3) is 3.45. The van der Waals surface area contributed by atoms with Gasteiger partial charge in [0.15, 0.2) is 0 Å². The first kappa shape index (κ1) is 20.4. The van der Waals surface area contributed by atoms with Gasteiger partial charge in [0, 0.05) is 29.2 Å². The first-order chi connectivity index (χ1) is 14.1. The molecule has 1 aromatic carbocycles. The number of fused-ring (bicyclic) bond motifs is 1. The lowest BCUT2D eigenvalue weighted by molar-refractivity contribution is -0.137. The van der Waals surface area contributed by atoms with Crippen molar-refractivity contribution < 1.29 is 18.0 Å². The third-order valence-electron chi connectivity index (χ3n) is 5.07. The lowest BCUT2D eigenvalue weighted by Gasteiger charge is -2.32. The molecule has 0 saturated heterocycles. The van der Waals surface area contributed by atoms with Gasteiger partial charge in [-0.15, -0.1) is 0 Å². The number of hydrogen-bond donors (Lipinski definition) is 0. The summed E-state index contributed by atoms with van der Waals surface area (Å²) < 4.78 is 41.6. The summed E-state index contributed by atoms with van der Waals surface area (Å²) in [5, 5.41) is 3.97. The van der Waals surface area contributed by atoms with Crippen LogP contribution in [0.3, 0.4) is 0 Å². The standard InChI is InChI=1S/C21H18ClF3N4O/c1-11-6-14(7-12(2)27-11)16-9-26-29-13(3)10-28(20(30)19(16)29)15-4-5-18(22)17(8-15)21(23,24)25/h4-9,13H,10H2,1-3H3/t13-/m0/s1. The number of benzene rings is 1. The minimum absolute atomic E-state index is 0.143. The molecule has 3 aromatic rings. The molecule has 3 heterocycles. The van der Waals surface area contributed by atoms with Crippen molar-refractivity contribution >= 4 is 23.2 Å². The Morgan fingerprint density at radius 3 is 2.43 bits per heavy atom. The van der Waals surface area contributed by atoms with Gasteiger partial charge < -0.3 is 4.90 Å². The molecule has 1 aliphatic rings. The van der Waals surface area contributed by atoms with Gasteiger partial charge in [-0.25, -0.2) is 0 Å². The largest absolute Gasteiger partial charge is 0.417 e. The van der Waals surface area contributed by atoms with Crippen LogP contribution in [0.4, 0.5) is 18.9 Å². The van der Waals surface area contributed by atoms with E-state index in [2.05, 4.69) is 10.1 Å². The molecule has 5 nitrogen and oxygen atoms in total. The molecule has 1 amide bonds. The molecule has 1 aliphatic heterocycles. The van der Waals surface area contributed by atoms with Crippen LogP contribution in [0.1, 0.15) is 40.4 Å². The van der Waals surface area contributed by atoms with Crippen LogP contribution in [-0.2, 0) is 6.18 Å². The summed E-state index contributed by atoms with van der Waals surface area (Å²) in [5.74, 6) is -0.414. The zero-order chi connectivity index (χ0) is 21.8. The van der Waals surface area contributed by atoms with E-state index in [0.717, 1.165) is 23.0 Å². The second-order valence-corrected chi connectivity index (χ2v) is 7.82. The maximum absolute atomic E-state index is 13.4. The maximum Gasteiger partial charge on any atom is 0.417 e. The number of amides is 1. The normalized spacial score (nSPS) is 16.7. The molecule has 0 aliphatic carbocycles. The Kier molecular flexibility index (Phi) is 4.85. The zero-order valence-electron chi connectivity index (χ0n) is 16.5. The van der Waals surface area contributed by atoms with Gasteiger partial charge in [-0.2, -0.15) is 18.3 Å². The molecule has 0 radical (unpaired) electrons. The Morgan fingerprint density at radius 2 is 1.80 bits per heavy atom. The number of anilines is 1. The molecular weight excluding hydrogens is 417 g/mol. The second kappa shape index (κ2) is 7.12. The van der Waals surface area contributed by atoms with Gasteiger partial charge in [-0.3, -0.25) is 14.5 Å². The van der Waals surface area contributed by atoms with Gasteiger partial charge >= 0.3 is 6.18 Å². The van der Waals surface area contributed by atoms with Crippen molar-refractivity contribution in [2.24, 2.45) is 0 Å². The van der Waals surface area contributed by atoms with E-state index in [9.17, 15) is 18.0 Å². The number of carbonyl (C=O) groups excluding carboxylic acids is 1. The molecule has 156 valence electrons. The smallest absolute Gasteiger partial charge is 0.305 e. The van der Waals surface area contributed by atoms with Gasteiger partial charge in [0.05, 0.1) is 22.8 Å². The molecule has 0 spiro atoms. The highest BCUT2D eigenvalue weighted by molar-refractivity contribution is 6.31. The molecule has 4 rings (SSSR count). The fraction of sp³-hybridized carbons (Fsp3) is 0.286. The third-order valence-corrected chi connectivity index (χ3v) is 5.40. The summed E-state index contributed by atoms with van der Waals surface area (Å²) >= 11 is 5.74. The molecule has 30 heavy (non-hydrogen) atoms. The molecule has 0 saturated carbocycles. The number of halogens is 4. The monoisotopic (exact) mass is 434 g/mol. The number of nitrogens with zero attached hydrogens (tertiary/aromatic N) is 4. The van der Waals surface area contributed by atoms with E-state index in [1.165, 1.54) is 17.0 Å². The summed E-state index contributed by atoms with van der Waals surface area (Å²) in [6.45, 7) is 5.77. The molecule has 0 unspecified atom stereocenters. The van der Waals surface area contributed by atoms with E-state index >= 15 is 0 Å². The highest BCUT2D eigenvalue weighted by Crippen LogP contribution is 2.39. The van der Waals surface area contributed by atoms with Crippen molar-refractivity contribution in [3.8, 4) is 11.1 Å². The first-order valence-corrected chi connectivity index (χ1v) is 9.66. The van der Waals surface area contributed by atoms with Gasteiger partial charge in [0.2, 0.25) is 0 Å². The average molecular weight is 435 g/mol. The quantitative estimate of drug-likeness (QED) is 0.538. The number of pyridine rings is 1. The van der Waals surface area contributed by atoms with Gasteiger partial charge in [-0.05, 0) is 56.7 Å². The molecular formula is C21H18ClF3N4O. The number of aryl methyl sites for hydroxylation is 2. The lowest BCUT2D eigenvalue weighted by Crippen LogP contribution is -2.43. The van der Waals surface area contributed by atoms with Crippen LogP contribution in [0.5, 0.6) is 0 Å². The van der Waals surface area contributed by atoms with Crippen molar-refractivity contribution in [2.45, 2.75) is 33.0 Å². The van der Waals surface area contributed by atoms with Gasteiger partial charge in [-0.1, -0.05) is 11.6 Å². The van der Waals surface area contributed by atoms with Crippen molar-refractivity contribution in [2.75, 3.05) is 11.4 Å². The Bertz CT molecular complexity index is 1140. The highest BCUT2D eigenvalue weighted by Gasteiger charge is 2.37. The molecule has 9 heteroatoms. The lowest BCUT2D eigenvalue weighted by atomic mass is 10.0. The van der Waals surface area contributed by atoms with Crippen LogP contribution in [0.15, 0.2) is 36.5 Å². The van der Waals surface area contributed by atoms with Crippen LogP contribution in [0.25, 0.3) is 11.1 Å². The summed E-state index contributed by atoms with van der Waals surface area (Å²) in [4.78, 5) is 19.1. The van der Waals surface area contributed by atoms with Gasteiger partial charge in [0.1, 0.15) is 5.69 Å². The highest BCUT2D eigenvalue weighted by atomic mass is 35.5. The number of carbonyl (C=O) groups is 1. The predicted octanol–water partition coefficient (Wildman–Crippen LogP) is 5.46. The van der Waals surface area contributed by atoms with Gasteiger partial charge in [0.25, 0.3) is 5.91 Å². The summed E-state index contributed by atoms with van der Waals surface area (Å²) in [6.07, 6.45) is -3.00. The molecule has 0 N–H and O–H groups in total. The van der Waals surface area contributed by atoms with Crippen molar-refractivity contribution in [1.82, 2.24) is 14.8 Å². The summed E-state index contributed by atoms with van der Waals surface area (Å²) in [5.41, 5.74) is 2.51. The first-order valence-electron chi connectivity index (χ1n) is 9.28. The Morgan fingerprint density at radius 1 is 1.13 bits per heavy atom. The van der Waals surface area contributed by atoms with Crippen LogP contribution in [0, 0.1) is 13.8 Å². The number of hydrogen-bond acceptors (Lipinski definition) is 3. The molecule has 0 fully saturated rings.